The topological polar surface area (TPSA) is 65.2 Å². The predicted octanol–water partition coefficient (Wildman–Crippen LogP) is 2.25. The molecule has 0 aromatic carbocycles. The van der Waals surface area contributed by atoms with Crippen LogP contribution in [0.1, 0.15) is 57.3 Å². The fraction of sp³-hybridized carbons (Fsp3) is 0.727. The molecule has 0 aliphatic carbocycles. The Kier molecular flexibility index (Phi) is 4.61. The van der Waals surface area contributed by atoms with Crippen molar-refractivity contribution in [2.24, 2.45) is 0 Å². The van der Waals surface area contributed by atoms with Crippen LogP contribution in [0.5, 0.6) is 0 Å². The van der Waals surface area contributed by atoms with Gasteiger partial charge in [-0.1, -0.05) is 19.0 Å². The molecule has 1 aromatic rings. The molecule has 1 heterocycles. The number of aromatic nitrogens is 2. The van der Waals surface area contributed by atoms with E-state index in [2.05, 4.69) is 10.1 Å². The van der Waals surface area contributed by atoms with Crippen molar-refractivity contribution in [1.29, 1.82) is 0 Å². The van der Waals surface area contributed by atoms with Gasteiger partial charge in [-0.2, -0.15) is 4.98 Å². The number of Topliss-reactive ketones (excluding diaryl/α,β-unsaturated/α-hetero) is 1. The number of ketones is 1. The van der Waals surface area contributed by atoms with E-state index in [4.69, 9.17) is 9.26 Å². The third kappa shape index (κ3) is 2.66. The second-order valence-corrected chi connectivity index (χ2v) is 3.66. The molecule has 1 rings (SSSR count). The molecule has 5 nitrogen and oxygen atoms in total. The summed E-state index contributed by atoms with van der Waals surface area (Å²) in [6.45, 7) is 5.57. The zero-order valence-corrected chi connectivity index (χ0v) is 10.2. The summed E-state index contributed by atoms with van der Waals surface area (Å²) in [5, 5.41) is 3.83. The van der Waals surface area contributed by atoms with Crippen LogP contribution in [0.2, 0.25) is 0 Å². The molecule has 0 spiro atoms. The van der Waals surface area contributed by atoms with Crippen LogP contribution in [0.25, 0.3) is 0 Å². The summed E-state index contributed by atoms with van der Waals surface area (Å²) in [6, 6.07) is 0. The van der Waals surface area contributed by atoms with E-state index in [1.807, 2.05) is 13.8 Å². The molecule has 90 valence electrons. The van der Waals surface area contributed by atoms with Crippen molar-refractivity contribution in [3.05, 3.63) is 11.7 Å². The summed E-state index contributed by atoms with van der Waals surface area (Å²) in [5.74, 6) is 0.648. The van der Waals surface area contributed by atoms with Crippen LogP contribution >= 0.6 is 0 Å². The maximum atomic E-state index is 11.5. The van der Waals surface area contributed by atoms with Crippen LogP contribution in [0.3, 0.4) is 0 Å². The van der Waals surface area contributed by atoms with Crippen LogP contribution in [0.4, 0.5) is 0 Å². The number of carbonyl (C=O) groups is 1. The van der Waals surface area contributed by atoms with Gasteiger partial charge in [0.1, 0.15) is 11.9 Å². The van der Waals surface area contributed by atoms with Crippen molar-refractivity contribution in [3.63, 3.8) is 0 Å². The Morgan fingerprint density at radius 3 is 2.69 bits per heavy atom. The first-order chi connectivity index (χ1) is 7.63. The van der Waals surface area contributed by atoms with Crippen LogP contribution in [-0.2, 0) is 9.53 Å². The average Bonchev–Trinajstić information content (AvgIpc) is 2.78. The zero-order valence-electron chi connectivity index (χ0n) is 10.2. The SMILES string of the molecule is CCC(=O)C(C)c1nc(C(CC)OC)no1. The Morgan fingerprint density at radius 1 is 1.50 bits per heavy atom. The number of rotatable bonds is 6. The van der Waals surface area contributed by atoms with Gasteiger partial charge in [0.15, 0.2) is 0 Å². The first kappa shape index (κ1) is 12.8. The summed E-state index contributed by atoms with van der Waals surface area (Å²) >= 11 is 0. The van der Waals surface area contributed by atoms with Gasteiger partial charge in [0.05, 0.1) is 5.92 Å². The Hall–Kier alpha value is -1.23. The van der Waals surface area contributed by atoms with Gasteiger partial charge >= 0.3 is 0 Å². The van der Waals surface area contributed by atoms with E-state index in [-0.39, 0.29) is 17.8 Å². The fourth-order valence-electron chi connectivity index (χ4n) is 1.45. The third-order valence-electron chi connectivity index (χ3n) is 2.60. The number of hydrogen-bond acceptors (Lipinski definition) is 5. The molecule has 0 aliphatic heterocycles. The maximum absolute atomic E-state index is 11.5. The molecule has 16 heavy (non-hydrogen) atoms. The van der Waals surface area contributed by atoms with E-state index in [0.717, 1.165) is 6.42 Å². The molecule has 5 heteroatoms. The monoisotopic (exact) mass is 226 g/mol. The van der Waals surface area contributed by atoms with Crippen molar-refractivity contribution < 1.29 is 14.1 Å². The molecule has 0 radical (unpaired) electrons. The van der Waals surface area contributed by atoms with Crippen molar-refractivity contribution in [2.45, 2.75) is 45.6 Å². The lowest BCUT2D eigenvalue weighted by Crippen LogP contribution is -2.08. The van der Waals surface area contributed by atoms with Crippen LogP contribution in [-0.4, -0.2) is 23.0 Å². The number of hydrogen-bond donors (Lipinski definition) is 0. The quantitative estimate of drug-likeness (QED) is 0.744. The van der Waals surface area contributed by atoms with Gasteiger partial charge in [0, 0.05) is 13.5 Å². The summed E-state index contributed by atoms with van der Waals surface area (Å²) < 4.78 is 10.3. The van der Waals surface area contributed by atoms with Gasteiger partial charge in [-0.25, -0.2) is 0 Å². The Labute approximate surface area is 95.2 Å². The third-order valence-corrected chi connectivity index (χ3v) is 2.60. The van der Waals surface area contributed by atoms with Gasteiger partial charge in [0.25, 0.3) is 0 Å². The number of carbonyl (C=O) groups excluding carboxylic acids is 1. The fourth-order valence-corrected chi connectivity index (χ4v) is 1.45. The summed E-state index contributed by atoms with van der Waals surface area (Å²) in [5.41, 5.74) is 0. The van der Waals surface area contributed by atoms with Gasteiger partial charge in [-0.3, -0.25) is 4.79 Å². The van der Waals surface area contributed by atoms with E-state index < -0.39 is 0 Å². The van der Waals surface area contributed by atoms with Crippen molar-refractivity contribution in [3.8, 4) is 0 Å². The molecular weight excluding hydrogens is 208 g/mol. The molecular formula is C11H18N2O3. The lowest BCUT2D eigenvalue weighted by molar-refractivity contribution is -0.120. The van der Waals surface area contributed by atoms with Crippen LogP contribution in [0, 0.1) is 0 Å². The van der Waals surface area contributed by atoms with Crippen LogP contribution in [0.15, 0.2) is 4.52 Å². The second kappa shape index (κ2) is 5.75. The number of ether oxygens (including phenoxy) is 1. The van der Waals surface area contributed by atoms with E-state index in [1.165, 1.54) is 0 Å². The highest BCUT2D eigenvalue weighted by atomic mass is 16.5. The number of methoxy groups -OCH3 is 1. The lowest BCUT2D eigenvalue weighted by atomic mass is 10.1. The summed E-state index contributed by atoms with van der Waals surface area (Å²) in [6.07, 6.45) is 1.08. The molecule has 0 saturated heterocycles. The zero-order chi connectivity index (χ0) is 12.1. The smallest absolute Gasteiger partial charge is 0.237 e. The first-order valence-electron chi connectivity index (χ1n) is 5.52. The van der Waals surface area contributed by atoms with Gasteiger partial charge in [-0.05, 0) is 13.3 Å². The Balaban J connectivity index is 2.81. The van der Waals surface area contributed by atoms with Crippen molar-refractivity contribution in [1.82, 2.24) is 10.1 Å². The predicted molar refractivity (Wildman–Crippen MR) is 58.1 cm³/mol. The summed E-state index contributed by atoms with van der Waals surface area (Å²) in [4.78, 5) is 15.7. The van der Waals surface area contributed by atoms with Crippen LogP contribution < -0.4 is 0 Å². The van der Waals surface area contributed by atoms with Gasteiger partial charge in [0.2, 0.25) is 11.7 Å². The average molecular weight is 226 g/mol. The largest absolute Gasteiger partial charge is 0.373 e. The summed E-state index contributed by atoms with van der Waals surface area (Å²) in [7, 11) is 1.60. The van der Waals surface area contributed by atoms with E-state index in [9.17, 15) is 4.79 Å². The molecule has 2 atom stereocenters. The van der Waals surface area contributed by atoms with E-state index >= 15 is 0 Å². The molecule has 2 unspecified atom stereocenters. The molecule has 0 amide bonds. The highest BCUT2D eigenvalue weighted by Gasteiger charge is 2.22. The highest BCUT2D eigenvalue weighted by molar-refractivity contribution is 5.83. The molecule has 0 aliphatic rings. The Morgan fingerprint density at radius 2 is 2.19 bits per heavy atom. The molecule has 0 fully saturated rings. The van der Waals surface area contributed by atoms with Crippen molar-refractivity contribution >= 4 is 5.78 Å². The minimum absolute atomic E-state index is 0.0978. The molecule has 0 N–H and O–H groups in total. The van der Waals surface area contributed by atoms with Gasteiger partial charge < -0.3 is 9.26 Å². The maximum Gasteiger partial charge on any atom is 0.237 e. The minimum Gasteiger partial charge on any atom is -0.373 e. The second-order valence-electron chi connectivity index (χ2n) is 3.66. The molecule has 1 aromatic heterocycles. The first-order valence-corrected chi connectivity index (χ1v) is 5.52. The molecule has 0 bridgehead atoms. The standard InChI is InChI=1S/C11H18N2O3/c1-5-8(14)7(3)11-12-10(13-16-11)9(6-2)15-4/h7,9H,5-6H2,1-4H3. The normalized spacial score (nSPS) is 14.8. The van der Waals surface area contributed by atoms with Gasteiger partial charge in [-0.15, -0.1) is 0 Å². The van der Waals surface area contributed by atoms with E-state index in [0.29, 0.717) is 18.1 Å². The number of nitrogens with zero attached hydrogens (tertiary/aromatic N) is 2. The van der Waals surface area contributed by atoms with Crippen molar-refractivity contribution in [2.75, 3.05) is 7.11 Å². The molecule has 0 saturated carbocycles. The minimum atomic E-state index is -0.333. The Bertz CT molecular complexity index is 345. The van der Waals surface area contributed by atoms with E-state index in [1.54, 1.807) is 14.0 Å². The lowest BCUT2D eigenvalue weighted by Gasteiger charge is -2.06. The highest BCUT2D eigenvalue weighted by Crippen LogP contribution is 2.21.